The first kappa shape index (κ1) is 16.5. The van der Waals surface area contributed by atoms with E-state index in [0.29, 0.717) is 18.7 Å². The van der Waals surface area contributed by atoms with Crippen molar-refractivity contribution < 1.29 is 14.5 Å². The number of benzene rings is 2. The number of non-ortho nitro benzene ring substituents is 1. The Labute approximate surface area is 134 Å². The molecule has 1 N–H and O–H groups in total. The summed E-state index contributed by atoms with van der Waals surface area (Å²) in [4.78, 5) is 22.0. The van der Waals surface area contributed by atoms with Gasteiger partial charge in [-0.15, -0.1) is 0 Å². The summed E-state index contributed by atoms with van der Waals surface area (Å²) in [5.74, 6) is 0.577. The molecule has 1 amide bonds. The molecular weight excluding hydrogens is 296 g/mol. The number of aryl methyl sites for hydroxylation is 1. The van der Waals surface area contributed by atoms with Gasteiger partial charge in [0.15, 0.2) is 0 Å². The van der Waals surface area contributed by atoms with Gasteiger partial charge in [0.05, 0.1) is 11.5 Å². The predicted molar refractivity (Wildman–Crippen MR) is 87.6 cm³/mol. The molecule has 0 heterocycles. The lowest BCUT2D eigenvalue weighted by Crippen LogP contribution is -2.12. The minimum Gasteiger partial charge on any atom is -0.494 e. The van der Waals surface area contributed by atoms with Crippen LogP contribution < -0.4 is 10.1 Å². The quantitative estimate of drug-likeness (QED) is 0.480. The lowest BCUT2D eigenvalue weighted by Gasteiger charge is -2.07. The molecule has 6 heteroatoms. The number of amides is 1. The van der Waals surface area contributed by atoms with Crippen molar-refractivity contribution in [2.45, 2.75) is 19.8 Å². The highest BCUT2D eigenvalue weighted by atomic mass is 16.6. The maximum atomic E-state index is 11.8. The van der Waals surface area contributed by atoms with E-state index in [9.17, 15) is 14.9 Å². The molecule has 6 nitrogen and oxygen atoms in total. The van der Waals surface area contributed by atoms with Gasteiger partial charge in [-0.3, -0.25) is 14.9 Å². The van der Waals surface area contributed by atoms with Crippen molar-refractivity contribution in [3.05, 3.63) is 64.2 Å². The second-order valence-corrected chi connectivity index (χ2v) is 5.12. The maximum Gasteiger partial charge on any atom is 0.271 e. The highest BCUT2D eigenvalue weighted by molar-refractivity contribution is 5.90. The van der Waals surface area contributed by atoms with Crippen molar-refractivity contribution >= 4 is 17.3 Å². The fourth-order valence-electron chi connectivity index (χ4n) is 1.98. The Hall–Kier alpha value is -2.89. The third-order valence-corrected chi connectivity index (χ3v) is 3.18. The van der Waals surface area contributed by atoms with Gasteiger partial charge in [0.25, 0.3) is 5.69 Å². The standard InChI is InChI=1S/C17H18N2O4/c1-13-7-9-16(10-8-13)23-11-3-6-17(20)18-14-4-2-5-15(12-14)19(21)22/h2,4-5,7-10,12H,3,6,11H2,1H3,(H,18,20). The highest BCUT2D eigenvalue weighted by Gasteiger charge is 2.08. The molecule has 2 aromatic rings. The van der Waals surface area contributed by atoms with Gasteiger partial charge in [0, 0.05) is 24.2 Å². The van der Waals surface area contributed by atoms with Gasteiger partial charge in [-0.1, -0.05) is 23.8 Å². The summed E-state index contributed by atoms with van der Waals surface area (Å²) in [5.41, 5.74) is 1.53. The molecule has 0 aliphatic carbocycles. The average Bonchev–Trinajstić information content (AvgIpc) is 2.53. The van der Waals surface area contributed by atoms with Gasteiger partial charge in [0.2, 0.25) is 5.91 Å². The molecule has 0 fully saturated rings. The number of nitro benzene ring substituents is 1. The fraction of sp³-hybridized carbons (Fsp3) is 0.235. The van der Waals surface area contributed by atoms with E-state index < -0.39 is 4.92 Å². The Bertz CT molecular complexity index is 683. The van der Waals surface area contributed by atoms with Crippen molar-refractivity contribution in [2.24, 2.45) is 0 Å². The minimum absolute atomic E-state index is 0.0505. The molecule has 0 saturated heterocycles. The van der Waals surface area contributed by atoms with Crippen LogP contribution in [0.3, 0.4) is 0 Å². The molecule has 23 heavy (non-hydrogen) atoms. The second-order valence-electron chi connectivity index (χ2n) is 5.12. The van der Waals surface area contributed by atoms with Crippen LogP contribution in [0, 0.1) is 17.0 Å². The van der Waals surface area contributed by atoms with Gasteiger partial charge in [-0.05, 0) is 31.5 Å². The van der Waals surface area contributed by atoms with Crippen molar-refractivity contribution in [1.82, 2.24) is 0 Å². The van der Waals surface area contributed by atoms with Crippen molar-refractivity contribution in [1.29, 1.82) is 0 Å². The number of ether oxygens (including phenoxy) is 1. The average molecular weight is 314 g/mol. The van der Waals surface area contributed by atoms with E-state index in [1.807, 2.05) is 31.2 Å². The molecule has 0 bridgehead atoms. The first-order valence-electron chi connectivity index (χ1n) is 7.28. The van der Waals surface area contributed by atoms with E-state index >= 15 is 0 Å². The summed E-state index contributed by atoms with van der Waals surface area (Å²) >= 11 is 0. The Balaban J connectivity index is 1.74. The van der Waals surface area contributed by atoms with E-state index in [1.54, 1.807) is 6.07 Å². The van der Waals surface area contributed by atoms with Gasteiger partial charge < -0.3 is 10.1 Å². The van der Waals surface area contributed by atoms with E-state index in [4.69, 9.17) is 4.74 Å². The molecule has 0 aliphatic heterocycles. The molecule has 0 spiro atoms. The summed E-state index contributed by atoms with van der Waals surface area (Å²) in [7, 11) is 0. The third kappa shape index (κ3) is 5.43. The molecule has 120 valence electrons. The number of nitrogens with one attached hydrogen (secondary N) is 1. The molecular formula is C17H18N2O4. The third-order valence-electron chi connectivity index (χ3n) is 3.18. The van der Waals surface area contributed by atoms with Gasteiger partial charge in [0.1, 0.15) is 5.75 Å². The first-order valence-corrected chi connectivity index (χ1v) is 7.28. The Morgan fingerprint density at radius 2 is 1.96 bits per heavy atom. The largest absolute Gasteiger partial charge is 0.494 e. The lowest BCUT2D eigenvalue weighted by molar-refractivity contribution is -0.384. The normalized spacial score (nSPS) is 10.1. The number of nitrogens with zero attached hydrogens (tertiary/aromatic N) is 1. The topological polar surface area (TPSA) is 81.5 Å². The molecule has 0 aromatic heterocycles. The fourth-order valence-corrected chi connectivity index (χ4v) is 1.98. The summed E-state index contributed by atoms with van der Waals surface area (Å²) in [6.45, 7) is 2.44. The van der Waals surface area contributed by atoms with Crippen LogP contribution in [0.25, 0.3) is 0 Å². The first-order chi connectivity index (χ1) is 11.0. The predicted octanol–water partition coefficient (Wildman–Crippen LogP) is 3.70. The molecule has 2 rings (SSSR count). The maximum absolute atomic E-state index is 11.8. The Morgan fingerprint density at radius 3 is 2.65 bits per heavy atom. The number of nitro groups is 1. The summed E-state index contributed by atoms with van der Waals surface area (Å²) < 4.78 is 5.54. The lowest BCUT2D eigenvalue weighted by atomic mass is 10.2. The number of hydrogen-bond acceptors (Lipinski definition) is 4. The van der Waals surface area contributed by atoms with E-state index in [-0.39, 0.29) is 18.0 Å². The van der Waals surface area contributed by atoms with Crippen LogP contribution in [-0.4, -0.2) is 17.4 Å². The van der Waals surface area contributed by atoms with Crippen LogP contribution in [-0.2, 0) is 4.79 Å². The van der Waals surface area contributed by atoms with Crippen molar-refractivity contribution in [3.8, 4) is 5.75 Å². The minimum atomic E-state index is -0.495. The molecule has 0 unspecified atom stereocenters. The zero-order chi connectivity index (χ0) is 16.7. The van der Waals surface area contributed by atoms with Crippen LogP contribution in [0.5, 0.6) is 5.75 Å². The van der Waals surface area contributed by atoms with Gasteiger partial charge in [-0.25, -0.2) is 0 Å². The zero-order valence-corrected chi connectivity index (χ0v) is 12.8. The summed E-state index contributed by atoms with van der Waals surface area (Å²) in [6.07, 6.45) is 0.850. The molecule has 0 radical (unpaired) electrons. The second kappa shape index (κ2) is 7.93. The Kier molecular flexibility index (Phi) is 5.68. The molecule has 0 atom stereocenters. The SMILES string of the molecule is Cc1ccc(OCCCC(=O)Nc2cccc([N+](=O)[O-])c2)cc1. The molecule has 0 saturated carbocycles. The van der Waals surface area contributed by atoms with Crippen LogP contribution in [0.15, 0.2) is 48.5 Å². The number of carbonyl (C=O) groups is 1. The molecule has 0 aliphatic rings. The summed E-state index contributed by atoms with van der Waals surface area (Å²) in [6, 6.07) is 13.6. The van der Waals surface area contributed by atoms with Crippen molar-refractivity contribution in [2.75, 3.05) is 11.9 Å². The highest BCUT2D eigenvalue weighted by Crippen LogP contribution is 2.17. The monoisotopic (exact) mass is 314 g/mol. The number of carbonyl (C=O) groups excluding carboxylic acids is 1. The van der Waals surface area contributed by atoms with E-state index in [0.717, 1.165) is 11.3 Å². The van der Waals surface area contributed by atoms with Gasteiger partial charge >= 0.3 is 0 Å². The summed E-state index contributed by atoms with van der Waals surface area (Å²) in [5, 5.41) is 13.3. The van der Waals surface area contributed by atoms with E-state index in [2.05, 4.69) is 5.32 Å². The van der Waals surface area contributed by atoms with Crippen LogP contribution in [0.4, 0.5) is 11.4 Å². The molecule has 2 aromatic carbocycles. The number of anilines is 1. The van der Waals surface area contributed by atoms with E-state index in [1.165, 1.54) is 18.2 Å². The van der Waals surface area contributed by atoms with Crippen LogP contribution in [0.2, 0.25) is 0 Å². The van der Waals surface area contributed by atoms with Crippen LogP contribution >= 0.6 is 0 Å². The number of rotatable bonds is 7. The van der Waals surface area contributed by atoms with Gasteiger partial charge in [-0.2, -0.15) is 0 Å². The van der Waals surface area contributed by atoms with Crippen molar-refractivity contribution in [3.63, 3.8) is 0 Å². The van der Waals surface area contributed by atoms with Crippen LogP contribution in [0.1, 0.15) is 18.4 Å². The zero-order valence-electron chi connectivity index (χ0n) is 12.8. The Morgan fingerprint density at radius 1 is 1.22 bits per heavy atom. The smallest absolute Gasteiger partial charge is 0.271 e. The number of hydrogen-bond donors (Lipinski definition) is 1.